The van der Waals surface area contributed by atoms with E-state index in [4.69, 9.17) is 0 Å². The van der Waals surface area contributed by atoms with E-state index in [9.17, 15) is 0 Å². The van der Waals surface area contributed by atoms with E-state index in [1.54, 1.807) is 16.6 Å². The summed E-state index contributed by atoms with van der Waals surface area (Å²) in [7, 11) is 0. The number of aromatic nitrogens is 6. The van der Waals surface area contributed by atoms with E-state index in [-0.39, 0.29) is 6.04 Å². The molecule has 0 aliphatic carbocycles. The van der Waals surface area contributed by atoms with Gasteiger partial charge in [0.1, 0.15) is 5.03 Å². The molecular formula is C21H22N6S. The lowest BCUT2D eigenvalue weighted by atomic mass is 10.2. The molecule has 0 aliphatic heterocycles. The largest absolute Gasteiger partial charge is 0.226 e. The highest BCUT2D eigenvalue weighted by atomic mass is 32.2. The van der Waals surface area contributed by atoms with E-state index in [0.29, 0.717) is 5.82 Å². The molecule has 2 aromatic carbocycles. The predicted molar refractivity (Wildman–Crippen MR) is 112 cm³/mol. The van der Waals surface area contributed by atoms with Crippen LogP contribution < -0.4 is 0 Å². The van der Waals surface area contributed by atoms with Crippen molar-refractivity contribution in [2.45, 2.75) is 37.6 Å². The second kappa shape index (κ2) is 7.98. The zero-order chi connectivity index (χ0) is 19.5. The molecule has 6 nitrogen and oxygen atoms in total. The molecule has 0 radical (unpaired) electrons. The van der Waals surface area contributed by atoms with Gasteiger partial charge in [0.15, 0.2) is 0 Å². The molecule has 0 amide bonds. The summed E-state index contributed by atoms with van der Waals surface area (Å²) in [6.07, 6.45) is 1.83. The van der Waals surface area contributed by atoms with Crippen LogP contribution in [-0.4, -0.2) is 30.0 Å². The quantitative estimate of drug-likeness (QED) is 0.446. The Balaban J connectivity index is 1.73. The number of aryl methyl sites for hydroxylation is 1. The van der Waals surface area contributed by atoms with E-state index >= 15 is 0 Å². The highest BCUT2D eigenvalue weighted by Crippen LogP contribution is 2.33. The fourth-order valence-corrected chi connectivity index (χ4v) is 3.85. The second-order valence-corrected chi connectivity index (χ2v) is 7.88. The maximum absolute atomic E-state index is 4.64. The van der Waals surface area contributed by atoms with E-state index in [1.807, 2.05) is 30.8 Å². The molecule has 0 bridgehead atoms. The summed E-state index contributed by atoms with van der Waals surface area (Å²) in [5.74, 6) is 1.44. The van der Waals surface area contributed by atoms with Crippen LogP contribution in [0.1, 0.15) is 31.0 Å². The molecule has 0 saturated heterocycles. The number of hydrogen-bond acceptors (Lipinski definition) is 5. The number of nitrogens with zero attached hydrogens (tertiary/aromatic N) is 6. The van der Waals surface area contributed by atoms with Crippen LogP contribution in [0.3, 0.4) is 0 Å². The molecule has 7 heteroatoms. The smallest absolute Gasteiger partial charge is 0.209 e. The second-order valence-electron chi connectivity index (χ2n) is 6.91. The third-order valence-corrected chi connectivity index (χ3v) is 5.50. The molecular weight excluding hydrogens is 368 g/mol. The Hall–Kier alpha value is -2.93. The van der Waals surface area contributed by atoms with Gasteiger partial charge in [-0.3, -0.25) is 0 Å². The Kier molecular flexibility index (Phi) is 5.25. The fraction of sp³-hybridized carbons (Fsp3) is 0.238. The van der Waals surface area contributed by atoms with Crippen molar-refractivity contribution < 1.29 is 0 Å². The van der Waals surface area contributed by atoms with E-state index in [2.05, 4.69) is 76.0 Å². The Labute approximate surface area is 168 Å². The molecule has 0 unspecified atom stereocenters. The highest BCUT2D eigenvalue weighted by Gasteiger charge is 2.19. The maximum Gasteiger partial charge on any atom is 0.209 e. The molecule has 0 aliphatic rings. The number of rotatable bonds is 6. The third-order valence-electron chi connectivity index (χ3n) is 4.35. The summed E-state index contributed by atoms with van der Waals surface area (Å²) < 4.78 is 1.96. The number of benzene rings is 2. The summed E-state index contributed by atoms with van der Waals surface area (Å²) in [4.78, 5) is 1.63. The van der Waals surface area contributed by atoms with Gasteiger partial charge in [0.25, 0.3) is 0 Å². The average Bonchev–Trinajstić information content (AvgIpc) is 3.35. The molecule has 4 aromatic rings. The molecule has 4 rings (SSSR count). The van der Waals surface area contributed by atoms with Crippen LogP contribution in [0.2, 0.25) is 0 Å². The summed E-state index contributed by atoms with van der Waals surface area (Å²) in [5.41, 5.74) is 4.39. The zero-order valence-electron chi connectivity index (χ0n) is 16.1. The van der Waals surface area contributed by atoms with Crippen molar-refractivity contribution in [2.24, 2.45) is 0 Å². The van der Waals surface area contributed by atoms with E-state index in [0.717, 1.165) is 22.0 Å². The van der Waals surface area contributed by atoms with Crippen LogP contribution in [-0.2, 0) is 5.75 Å². The first-order chi connectivity index (χ1) is 13.6. The van der Waals surface area contributed by atoms with Gasteiger partial charge in [0.05, 0.1) is 23.5 Å². The van der Waals surface area contributed by atoms with Gasteiger partial charge in [0, 0.05) is 5.75 Å². The van der Waals surface area contributed by atoms with E-state index in [1.165, 1.54) is 11.1 Å². The lowest BCUT2D eigenvalue weighted by Crippen LogP contribution is -2.04. The van der Waals surface area contributed by atoms with Crippen molar-refractivity contribution in [1.82, 2.24) is 30.0 Å². The first kappa shape index (κ1) is 18.4. The van der Waals surface area contributed by atoms with Crippen LogP contribution in [0.5, 0.6) is 0 Å². The summed E-state index contributed by atoms with van der Waals surface area (Å²) in [6, 6.07) is 18.9. The van der Waals surface area contributed by atoms with Crippen molar-refractivity contribution in [2.75, 3.05) is 0 Å². The standard InChI is InChI=1S/C21H22N6S/c1-15(2)27-24-20(23-25-27)19-13-22-26(18-11-9-16(3)10-12-18)21(19)28-14-17-7-5-4-6-8-17/h4-13,15H,14H2,1-3H3. The first-order valence-corrected chi connectivity index (χ1v) is 10.2. The Morgan fingerprint density at radius 2 is 1.75 bits per heavy atom. The minimum absolute atomic E-state index is 0.161. The van der Waals surface area contributed by atoms with Crippen molar-refractivity contribution in [3.05, 3.63) is 71.9 Å². The fourth-order valence-electron chi connectivity index (χ4n) is 2.78. The van der Waals surface area contributed by atoms with Gasteiger partial charge < -0.3 is 0 Å². The van der Waals surface area contributed by atoms with Gasteiger partial charge in [-0.2, -0.15) is 9.90 Å². The topological polar surface area (TPSA) is 61.4 Å². The third kappa shape index (κ3) is 3.84. The van der Waals surface area contributed by atoms with Crippen molar-refractivity contribution in [3.63, 3.8) is 0 Å². The van der Waals surface area contributed by atoms with Gasteiger partial charge in [-0.25, -0.2) is 4.68 Å². The number of hydrogen-bond donors (Lipinski definition) is 0. The molecule has 2 aromatic heterocycles. The van der Waals surface area contributed by atoms with Gasteiger partial charge in [0.2, 0.25) is 5.82 Å². The van der Waals surface area contributed by atoms with Gasteiger partial charge in [-0.15, -0.1) is 22.0 Å². The van der Waals surface area contributed by atoms with Gasteiger partial charge >= 0.3 is 0 Å². The zero-order valence-corrected chi connectivity index (χ0v) is 17.0. The minimum Gasteiger partial charge on any atom is -0.226 e. The first-order valence-electron chi connectivity index (χ1n) is 9.23. The monoisotopic (exact) mass is 390 g/mol. The van der Waals surface area contributed by atoms with Gasteiger partial charge in [-0.05, 0) is 43.7 Å². The highest BCUT2D eigenvalue weighted by molar-refractivity contribution is 7.98. The molecule has 142 valence electrons. The summed E-state index contributed by atoms with van der Waals surface area (Å²) in [5, 5.41) is 18.6. The van der Waals surface area contributed by atoms with Gasteiger partial charge in [-0.1, -0.05) is 48.0 Å². The van der Waals surface area contributed by atoms with E-state index < -0.39 is 0 Å². The Bertz CT molecular complexity index is 1050. The average molecular weight is 391 g/mol. The molecule has 0 atom stereocenters. The van der Waals surface area contributed by atoms with Crippen LogP contribution in [0.25, 0.3) is 17.1 Å². The minimum atomic E-state index is 0.161. The van der Waals surface area contributed by atoms with Crippen molar-refractivity contribution >= 4 is 11.8 Å². The molecule has 0 fully saturated rings. The lowest BCUT2D eigenvalue weighted by molar-refractivity contribution is 0.455. The maximum atomic E-state index is 4.64. The van der Waals surface area contributed by atoms with Crippen LogP contribution in [0.4, 0.5) is 0 Å². The molecule has 0 spiro atoms. The Morgan fingerprint density at radius 3 is 2.43 bits per heavy atom. The number of tetrazole rings is 1. The SMILES string of the molecule is Cc1ccc(-n2ncc(-c3nnn(C(C)C)n3)c2SCc2ccccc2)cc1. The summed E-state index contributed by atoms with van der Waals surface area (Å²) >= 11 is 1.73. The normalized spacial score (nSPS) is 11.3. The Morgan fingerprint density at radius 1 is 1.00 bits per heavy atom. The lowest BCUT2D eigenvalue weighted by Gasteiger charge is -2.09. The van der Waals surface area contributed by atoms with Crippen molar-refractivity contribution in [1.29, 1.82) is 0 Å². The molecule has 0 N–H and O–H groups in total. The number of thioether (sulfide) groups is 1. The summed E-state index contributed by atoms with van der Waals surface area (Å²) in [6.45, 7) is 6.15. The van der Waals surface area contributed by atoms with Crippen LogP contribution in [0.15, 0.2) is 65.8 Å². The predicted octanol–water partition coefficient (Wildman–Crippen LogP) is 4.71. The molecule has 28 heavy (non-hydrogen) atoms. The van der Waals surface area contributed by atoms with Crippen molar-refractivity contribution in [3.8, 4) is 17.1 Å². The molecule has 0 saturated carbocycles. The molecule has 2 heterocycles. The van der Waals surface area contributed by atoms with Crippen LogP contribution >= 0.6 is 11.8 Å². The van der Waals surface area contributed by atoms with Crippen LogP contribution in [0, 0.1) is 6.92 Å².